The molecule has 3 N–H and O–H groups in total. The number of hydrogen-bond acceptors (Lipinski definition) is 3. The van der Waals surface area contributed by atoms with Crippen molar-refractivity contribution >= 4 is 22.6 Å². The molecule has 1 saturated heterocycles. The number of carbonyl (C=O) groups is 1. The molecule has 1 aliphatic rings. The fraction of sp³-hybridized carbons (Fsp3) is 0.556. The first-order valence-electron chi connectivity index (χ1n) is 8.74. The van der Waals surface area contributed by atoms with Crippen molar-refractivity contribution in [2.24, 2.45) is 0 Å². The van der Waals surface area contributed by atoms with Crippen LogP contribution in [0, 0.1) is 13.8 Å². The van der Waals surface area contributed by atoms with Crippen molar-refractivity contribution in [2.75, 3.05) is 18.4 Å². The van der Waals surface area contributed by atoms with E-state index in [1.807, 2.05) is 26.8 Å². The molecular weight excluding hydrogens is 304 g/mol. The van der Waals surface area contributed by atoms with Gasteiger partial charge in [0.1, 0.15) is 0 Å². The molecule has 0 bridgehead atoms. The van der Waals surface area contributed by atoms with Crippen LogP contribution in [0.25, 0.3) is 11.0 Å². The van der Waals surface area contributed by atoms with Crippen LogP contribution >= 0.6 is 0 Å². The molecule has 1 aromatic heterocycles. The van der Waals surface area contributed by atoms with Crippen LogP contribution in [0.5, 0.6) is 0 Å². The van der Waals surface area contributed by atoms with E-state index in [0.717, 1.165) is 42.6 Å². The monoisotopic (exact) mass is 330 g/mol. The Balaban J connectivity index is 1.87. The molecule has 1 aliphatic heterocycles. The third-order valence-corrected chi connectivity index (χ3v) is 5.15. The summed E-state index contributed by atoms with van der Waals surface area (Å²) < 4.78 is 0. The number of carbonyl (C=O) groups excluding carboxylic acids is 1. The quantitative estimate of drug-likeness (QED) is 0.809. The highest BCUT2D eigenvalue weighted by Crippen LogP contribution is 2.27. The average molecular weight is 330 g/mol. The summed E-state index contributed by atoms with van der Waals surface area (Å²) in [6.07, 6.45) is 4.78. The number of rotatable bonds is 3. The van der Waals surface area contributed by atoms with Crippen molar-refractivity contribution in [1.29, 1.82) is 0 Å². The number of benzene rings is 1. The Morgan fingerprint density at radius 2 is 1.83 bits per heavy atom. The number of H-pyrrole nitrogens is 2. The summed E-state index contributed by atoms with van der Waals surface area (Å²) in [5.41, 5.74) is 3.85. The van der Waals surface area contributed by atoms with Crippen LogP contribution in [0.3, 0.4) is 0 Å². The molecule has 1 atom stereocenters. The normalized spacial score (nSPS) is 17.6. The topological polar surface area (TPSA) is 81.0 Å². The van der Waals surface area contributed by atoms with E-state index in [-0.39, 0.29) is 17.6 Å². The molecule has 1 aromatic carbocycles. The number of imidazole rings is 1. The molecule has 130 valence electrons. The van der Waals surface area contributed by atoms with E-state index in [9.17, 15) is 9.59 Å². The minimum absolute atomic E-state index is 0.0195. The largest absolute Gasteiger partial charge is 0.323 e. The summed E-state index contributed by atoms with van der Waals surface area (Å²) in [5, 5.41) is 3.05. The number of nitrogens with one attached hydrogen (secondary N) is 3. The second kappa shape index (κ2) is 6.81. The fourth-order valence-corrected chi connectivity index (χ4v) is 3.44. The van der Waals surface area contributed by atoms with Crippen molar-refractivity contribution < 1.29 is 4.79 Å². The molecule has 0 spiro atoms. The highest BCUT2D eigenvalue weighted by atomic mass is 16.2. The van der Waals surface area contributed by atoms with Crippen LogP contribution in [0.15, 0.2) is 10.9 Å². The maximum atomic E-state index is 12.8. The zero-order chi connectivity index (χ0) is 17.3. The van der Waals surface area contributed by atoms with Gasteiger partial charge in [0, 0.05) is 0 Å². The zero-order valence-corrected chi connectivity index (χ0v) is 14.7. The minimum atomic E-state index is -0.258. The zero-order valence-electron chi connectivity index (χ0n) is 14.7. The summed E-state index contributed by atoms with van der Waals surface area (Å²) in [4.78, 5) is 32.2. The summed E-state index contributed by atoms with van der Waals surface area (Å²) in [6.45, 7) is 7.85. The second-order valence-corrected chi connectivity index (χ2v) is 6.81. The molecule has 2 heterocycles. The maximum Gasteiger partial charge on any atom is 0.323 e. The Bertz CT molecular complexity index is 797. The van der Waals surface area contributed by atoms with Gasteiger partial charge < -0.3 is 15.3 Å². The lowest BCUT2D eigenvalue weighted by molar-refractivity contribution is -0.120. The molecule has 0 radical (unpaired) electrons. The van der Waals surface area contributed by atoms with Crippen LogP contribution in [-0.4, -0.2) is 39.9 Å². The van der Waals surface area contributed by atoms with Crippen LogP contribution < -0.4 is 11.0 Å². The first-order chi connectivity index (χ1) is 11.5. The van der Waals surface area contributed by atoms with E-state index in [0.29, 0.717) is 11.2 Å². The molecule has 1 unspecified atom stereocenters. The van der Waals surface area contributed by atoms with Crippen molar-refractivity contribution in [2.45, 2.75) is 52.5 Å². The third kappa shape index (κ3) is 3.24. The van der Waals surface area contributed by atoms with E-state index in [2.05, 4.69) is 20.2 Å². The van der Waals surface area contributed by atoms with Crippen LogP contribution in [0.4, 0.5) is 5.69 Å². The third-order valence-electron chi connectivity index (χ3n) is 5.15. The van der Waals surface area contributed by atoms with Gasteiger partial charge >= 0.3 is 5.69 Å². The smallest absolute Gasteiger partial charge is 0.323 e. The van der Waals surface area contributed by atoms with Crippen molar-refractivity contribution in [3.63, 3.8) is 0 Å². The van der Waals surface area contributed by atoms with Crippen LogP contribution in [-0.2, 0) is 4.79 Å². The van der Waals surface area contributed by atoms with E-state index < -0.39 is 0 Å². The Hall–Kier alpha value is -2.08. The van der Waals surface area contributed by atoms with E-state index in [4.69, 9.17) is 0 Å². The number of aryl methyl sites for hydroxylation is 1. The molecule has 0 saturated carbocycles. The van der Waals surface area contributed by atoms with Gasteiger partial charge in [0.05, 0.1) is 22.8 Å². The maximum absolute atomic E-state index is 12.8. The predicted octanol–water partition coefficient (Wildman–Crippen LogP) is 2.68. The van der Waals surface area contributed by atoms with Crippen molar-refractivity contribution in [3.05, 3.63) is 27.7 Å². The van der Waals surface area contributed by atoms with E-state index >= 15 is 0 Å². The lowest BCUT2D eigenvalue weighted by Crippen LogP contribution is -2.42. The Morgan fingerprint density at radius 3 is 2.50 bits per heavy atom. The molecule has 1 fully saturated rings. The van der Waals surface area contributed by atoms with Gasteiger partial charge in [0.25, 0.3) is 0 Å². The van der Waals surface area contributed by atoms with Crippen molar-refractivity contribution in [1.82, 2.24) is 14.9 Å². The standard InChI is InChI=1S/C18H26N4O2/c1-11-10-14-16(21-18(24)19-14)15(12(11)2)20-17(23)13(3)22-8-6-4-5-7-9-22/h10,13H,4-9H2,1-3H3,(H,20,23)(H2,19,21,24). The number of likely N-dealkylation sites (tertiary alicyclic amines) is 1. The summed E-state index contributed by atoms with van der Waals surface area (Å²) in [6, 6.07) is 1.75. The van der Waals surface area contributed by atoms with Gasteiger partial charge in [-0.1, -0.05) is 12.8 Å². The van der Waals surface area contributed by atoms with Crippen LogP contribution in [0.1, 0.15) is 43.7 Å². The molecule has 6 nitrogen and oxygen atoms in total. The van der Waals surface area contributed by atoms with Crippen molar-refractivity contribution in [3.8, 4) is 0 Å². The van der Waals surface area contributed by atoms with Gasteiger partial charge in [-0.25, -0.2) is 4.79 Å². The molecule has 2 aromatic rings. The number of aromatic nitrogens is 2. The Kier molecular flexibility index (Phi) is 4.76. The van der Waals surface area contributed by atoms with Gasteiger partial charge in [-0.15, -0.1) is 0 Å². The molecular formula is C18H26N4O2. The van der Waals surface area contributed by atoms with Crippen LogP contribution in [0.2, 0.25) is 0 Å². The van der Waals surface area contributed by atoms with Gasteiger partial charge in [-0.05, 0) is 63.9 Å². The first kappa shape index (κ1) is 16.8. The van der Waals surface area contributed by atoms with Gasteiger partial charge in [-0.2, -0.15) is 0 Å². The first-order valence-corrected chi connectivity index (χ1v) is 8.74. The SMILES string of the molecule is Cc1cc2[nH]c(=O)[nH]c2c(NC(=O)C(C)N2CCCCCC2)c1C. The second-order valence-electron chi connectivity index (χ2n) is 6.81. The Morgan fingerprint density at radius 1 is 1.17 bits per heavy atom. The fourth-order valence-electron chi connectivity index (χ4n) is 3.44. The Labute approximate surface area is 141 Å². The number of hydrogen-bond donors (Lipinski definition) is 3. The van der Waals surface area contributed by atoms with Gasteiger partial charge in [0.15, 0.2) is 0 Å². The number of anilines is 1. The summed E-state index contributed by atoms with van der Waals surface area (Å²) >= 11 is 0. The molecule has 6 heteroatoms. The predicted molar refractivity (Wildman–Crippen MR) is 96.5 cm³/mol. The highest BCUT2D eigenvalue weighted by molar-refractivity contribution is 6.03. The lowest BCUT2D eigenvalue weighted by atomic mass is 10.1. The number of nitrogens with zero attached hydrogens (tertiary/aromatic N) is 1. The number of amides is 1. The highest BCUT2D eigenvalue weighted by Gasteiger charge is 2.23. The van der Waals surface area contributed by atoms with Gasteiger partial charge in [0.2, 0.25) is 5.91 Å². The van der Waals surface area contributed by atoms with E-state index in [1.54, 1.807) is 0 Å². The molecule has 1 amide bonds. The van der Waals surface area contributed by atoms with E-state index in [1.165, 1.54) is 12.8 Å². The van der Waals surface area contributed by atoms with Gasteiger partial charge in [-0.3, -0.25) is 9.69 Å². The molecule has 0 aliphatic carbocycles. The molecule has 3 rings (SSSR count). The number of fused-ring (bicyclic) bond motifs is 1. The molecule has 24 heavy (non-hydrogen) atoms. The summed E-state index contributed by atoms with van der Waals surface area (Å²) in [7, 11) is 0. The summed E-state index contributed by atoms with van der Waals surface area (Å²) in [5.74, 6) is -0.0195. The average Bonchev–Trinajstić information content (AvgIpc) is 2.77. The minimum Gasteiger partial charge on any atom is -0.323 e. The number of aromatic amines is 2. The lowest BCUT2D eigenvalue weighted by Gasteiger charge is -2.27.